The number of amides is 2. The van der Waals surface area contributed by atoms with Crippen LogP contribution in [0.15, 0.2) is 36.5 Å². The molecular weight excluding hydrogens is 373 g/mol. The van der Waals surface area contributed by atoms with Crippen LogP contribution in [0.2, 0.25) is 10.0 Å². The normalized spacial score (nSPS) is 16.7. The van der Waals surface area contributed by atoms with E-state index in [2.05, 4.69) is 16.8 Å². The van der Waals surface area contributed by atoms with E-state index in [9.17, 15) is 9.59 Å². The van der Waals surface area contributed by atoms with Gasteiger partial charge in [0.1, 0.15) is 5.92 Å². The second-order valence-electron chi connectivity index (χ2n) is 5.74. The van der Waals surface area contributed by atoms with Crippen LogP contribution in [-0.2, 0) is 16.1 Å². The number of carbonyl (C=O) groups excluding carboxylic acids is 2. The molecule has 0 bridgehead atoms. The highest BCUT2D eigenvalue weighted by molar-refractivity contribution is 6.37. The van der Waals surface area contributed by atoms with Crippen LogP contribution < -0.4 is 0 Å². The lowest BCUT2D eigenvalue weighted by Gasteiger charge is -2.23. The highest BCUT2D eigenvalue weighted by Crippen LogP contribution is 2.38. The first-order chi connectivity index (χ1) is 12.4. The number of hydrogen-bond acceptors (Lipinski definition) is 3. The Balaban J connectivity index is 1.97. The van der Waals surface area contributed by atoms with Gasteiger partial charge in [-0.05, 0) is 31.2 Å². The van der Waals surface area contributed by atoms with Gasteiger partial charge in [-0.3, -0.25) is 19.6 Å². The summed E-state index contributed by atoms with van der Waals surface area (Å²) in [6, 6.07) is 8.62. The molecule has 3 rings (SSSR count). The molecule has 0 N–H and O–H groups in total. The van der Waals surface area contributed by atoms with Gasteiger partial charge in [0.15, 0.2) is 0 Å². The van der Waals surface area contributed by atoms with Crippen LogP contribution in [-0.4, -0.2) is 33.9 Å². The molecule has 1 aliphatic rings. The fourth-order valence-corrected chi connectivity index (χ4v) is 3.57. The van der Waals surface area contributed by atoms with Crippen molar-refractivity contribution in [2.75, 3.05) is 7.05 Å². The van der Waals surface area contributed by atoms with Gasteiger partial charge in [-0.25, -0.2) is 5.01 Å². The Morgan fingerprint density at radius 1 is 1.15 bits per heavy atom. The Bertz CT molecular complexity index is 912. The van der Waals surface area contributed by atoms with Crippen LogP contribution in [0.1, 0.15) is 29.7 Å². The molecule has 0 aliphatic carbocycles. The number of nitrogens with zero attached hydrogens (tertiary/aromatic N) is 3. The van der Waals surface area contributed by atoms with Gasteiger partial charge in [-0.1, -0.05) is 35.2 Å². The minimum Gasteiger partial charge on any atom is -0.272 e. The predicted octanol–water partition coefficient (Wildman–Crippen LogP) is 3.26. The maximum absolute atomic E-state index is 12.9. The third-order valence-corrected chi connectivity index (χ3v) is 4.73. The molecule has 1 saturated heterocycles. The van der Waals surface area contributed by atoms with Gasteiger partial charge in [-0.15, -0.1) is 5.92 Å². The van der Waals surface area contributed by atoms with E-state index in [0.29, 0.717) is 16.8 Å². The molecule has 1 fully saturated rings. The molecule has 7 heteroatoms. The molecule has 0 spiro atoms. The molecule has 2 heterocycles. The standard InChI is InChI=1S/C19H15Cl2N3O2/c1-3-6-12-9-14(20)16(15(21)10-12)17-18(25)23(2)24(19(17)26)11-13-7-4-5-8-22-13/h4-5,7-10,17H,11H2,1-2H3. The lowest BCUT2D eigenvalue weighted by molar-refractivity contribution is -0.145. The molecule has 1 aromatic heterocycles. The van der Waals surface area contributed by atoms with Crippen molar-refractivity contribution in [1.82, 2.24) is 15.0 Å². The Hall–Kier alpha value is -2.55. The molecule has 1 unspecified atom stereocenters. The van der Waals surface area contributed by atoms with E-state index in [0.717, 1.165) is 0 Å². The van der Waals surface area contributed by atoms with E-state index in [4.69, 9.17) is 23.2 Å². The zero-order chi connectivity index (χ0) is 18.8. The molecule has 1 aliphatic heterocycles. The zero-order valence-corrected chi connectivity index (χ0v) is 15.7. The van der Waals surface area contributed by atoms with E-state index in [1.165, 1.54) is 10.0 Å². The maximum Gasteiger partial charge on any atom is 0.258 e. The Labute approximate surface area is 161 Å². The molecule has 1 atom stereocenters. The number of likely N-dealkylation sites (N-methyl/N-ethyl adjacent to an activating group) is 1. The third kappa shape index (κ3) is 3.26. The van der Waals surface area contributed by atoms with Gasteiger partial charge in [-0.2, -0.15) is 0 Å². The van der Waals surface area contributed by atoms with Gasteiger partial charge in [0.25, 0.3) is 11.8 Å². The summed E-state index contributed by atoms with van der Waals surface area (Å²) in [6.45, 7) is 1.89. The molecule has 2 amide bonds. The van der Waals surface area contributed by atoms with Crippen molar-refractivity contribution in [2.24, 2.45) is 0 Å². The van der Waals surface area contributed by atoms with Gasteiger partial charge in [0.2, 0.25) is 0 Å². The highest BCUT2D eigenvalue weighted by Gasteiger charge is 2.46. The number of hydrazine groups is 1. The number of halogens is 2. The molecular formula is C19H15Cl2N3O2. The minimum atomic E-state index is -1.08. The van der Waals surface area contributed by atoms with E-state index < -0.39 is 5.92 Å². The summed E-state index contributed by atoms with van der Waals surface area (Å²) < 4.78 is 0. The smallest absolute Gasteiger partial charge is 0.258 e. The summed E-state index contributed by atoms with van der Waals surface area (Å²) in [7, 11) is 1.54. The first-order valence-corrected chi connectivity index (χ1v) is 8.60. The topological polar surface area (TPSA) is 53.5 Å². The first kappa shape index (κ1) is 18.2. The van der Waals surface area contributed by atoms with Crippen LogP contribution in [0.4, 0.5) is 0 Å². The van der Waals surface area contributed by atoms with Gasteiger partial charge >= 0.3 is 0 Å². The molecule has 2 aromatic rings. The molecule has 1 aromatic carbocycles. The maximum atomic E-state index is 12.9. The quantitative estimate of drug-likeness (QED) is 0.599. The van der Waals surface area contributed by atoms with Gasteiger partial charge < -0.3 is 0 Å². The van der Waals surface area contributed by atoms with Crippen LogP contribution in [0, 0.1) is 11.8 Å². The second kappa shape index (κ2) is 7.36. The van der Waals surface area contributed by atoms with E-state index >= 15 is 0 Å². The Morgan fingerprint density at radius 2 is 1.85 bits per heavy atom. The summed E-state index contributed by atoms with van der Waals surface area (Å²) in [4.78, 5) is 29.9. The monoisotopic (exact) mass is 387 g/mol. The average molecular weight is 388 g/mol. The summed E-state index contributed by atoms with van der Waals surface area (Å²) >= 11 is 12.7. The average Bonchev–Trinajstić information content (AvgIpc) is 2.80. The number of aromatic nitrogens is 1. The lowest BCUT2D eigenvalue weighted by atomic mass is 9.97. The molecule has 5 nitrogen and oxygen atoms in total. The lowest BCUT2D eigenvalue weighted by Crippen LogP contribution is -2.37. The van der Waals surface area contributed by atoms with Crippen molar-refractivity contribution in [3.8, 4) is 11.8 Å². The van der Waals surface area contributed by atoms with E-state index in [1.54, 1.807) is 44.4 Å². The third-order valence-electron chi connectivity index (χ3n) is 4.10. The van der Waals surface area contributed by atoms with Crippen LogP contribution in [0.25, 0.3) is 0 Å². The predicted molar refractivity (Wildman–Crippen MR) is 99.3 cm³/mol. The first-order valence-electron chi connectivity index (χ1n) is 7.84. The Morgan fingerprint density at radius 3 is 2.42 bits per heavy atom. The number of carbonyl (C=O) groups is 2. The van der Waals surface area contributed by atoms with Crippen molar-refractivity contribution >= 4 is 35.0 Å². The van der Waals surface area contributed by atoms with Gasteiger partial charge in [0.05, 0.1) is 12.2 Å². The summed E-state index contributed by atoms with van der Waals surface area (Å²) in [6.07, 6.45) is 1.64. The van der Waals surface area contributed by atoms with Crippen LogP contribution in [0.3, 0.4) is 0 Å². The minimum absolute atomic E-state index is 0.188. The zero-order valence-electron chi connectivity index (χ0n) is 14.2. The number of pyridine rings is 1. The summed E-state index contributed by atoms with van der Waals surface area (Å²) in [5.74, 6) is 3.77. The highest BCUT2D eigenvalue weighted by atomic mass is 35.5. The van der Waals surface area contributed by atoms with Crippen LogP contribution in [0.5, 0.6) is 0 Å². The largest absolute Gasteiger partial charge is 0.272 e. The molecule has 0 saturated carbocycles. The second-order valence-corrected chi connectivity index (χ2v) is 6.55. The fourth-order valence-electron chi connectivity index (χ4n) is 2.86. The SMILES string of the molecule is CC#Cc1cc(Cl)c(C2C(=O)N(C)N(Cc3ccccn3)C2=O)c(Cl)c1. The number of hydrogen-bond donors (Lipinski definition) is 0. The van der Waals surface area contributed by atoms with Crippen molar-refractivity contribution in [1.29, 1.82) is 0 Å². The van der Waals surface area contributed by atoms with Crippen molar-refractivity contribution in [3.05, 3.63) is 63.4 Å². The van der Waals surface area contributed by atoms with Gasteiger partial charge in [0, 0.05) is 34.4 Å². The van der Waals surface area contributed by atoms with Crippen LogP contribution >= 0.6 is 23.2 Å². The number of benzene rings is 1. The molecule has 26 heavy (non-hydrogen) atoms. The Kier molecular flexibility index (Phi) is 5.17. The summed E-state index contributed by atoms with van der Waals surface area (Å²) in [5.41, 5.74) is 1.61. The number of rotatable bonds is 3. The van der Waals surface area contributed by atoms with Crippen molar-refractivity contribution in [3.63, 3.8) is 0 Å². The fraction of sp³-hybridized carbons (Fsp3) is 0.211. The van der Waals surface area contributed by atoms with E-state index in [-0.39, 0.29) is 28.4 Å². The van der Waals surface area contributed by atoms with E-state index in [1.807, 2.05) is 6.07 Å². The molecule has 0 radical (unpaired) electrons. The summed E-state index contributed by atoms with van der Waals surface area (Å²) in [5, 5.41) is 3.13. The molecule has 132 valence electrons. The van der Waals surface area contributed by atoms with Crippen molar-refractivity contribution in [2.45, 2.75) is 19.4 Å². The van der Waals surface area contributed by atoms with Crippen molar-refractivity contribution < 1.29 is 9.59 Å².